The van der Waals surface area contributed by atoms with Crippen molar-refractivity contribution in [1.82, 2.24) is 5.32 Å². The van der Waals surface area contributed by atoms with Gasteiger partial charge < -0.3 is 20.3 Å². The molecule has 0 saturated carbocycles. The van der Waals surface area contributed by atoms with Crippen molar-refractivity contribution in [1.29, 1.82) is 0 Å². The second-order valence-electron chi connectivity index (χ2n) is 25.3. The predicted octanol–water partition coefficient (Wildman–Crippen LogP) is 24.0. The quantitative estimate of drug-likeness (QED) is 0.0320. The van der Waals surface area contributed by atoms with Gasteiger partial charge >= 0.3 is 5.97 Å². The highest BCUT2D eigenvalue weighted by atomic mass is 16.5. The molecule has 0 fully saturated rings. The summed E-state index contributed by atoms with van der Waals surface area (Å²) in [5.74, 6) is -0.0336. The average molecular weight is 1150 g/mol. The van der Waals surface area contributed by atoms with Crippen molar-refractivity contribution in [3.63, 3.8) is 0 Å². The number of esters is 1. The molecule has 0 heterocycles. The molecule has 0 aromatic heterocycles. The summed E-state index contributed by atoms with van der Waals surface area (Å²) < 4.78 is 5.49. The lowest BCUT2D eigenvalue weighted by Gasteiger charge is -2.22. The number of carbonyl (C=O) groups excluding carboxylic acids is 2. The van der Waals surface area contributed by atoms with Crippen LogP contribution in [0.5, 0.6) is 0 Å². The Kier molecular flexibility index (Phi) is 69.4. The molecule has 2 atom stereocenters. The van der Waals surface area contributed by atoms with Crippen molar-refractivity contribution < 1.29 is 24.5 Å². The molecule has 0 aliphatic carbocycles. The molecular weight excluding hydrogens is 1010 g/mol. The van der Waals surface area contributed by atoms with E-state index in [1.54, 1.807) is 0 Å². The largest absolute Gasteiger partial charge is 0.466 e. The van der Waals surface area contributed by atoms with E-state index in [0.717, 1.165) is 57.8 Å². The van der Waals surface area contributed by atoms with Crippen LogP contribution < -0.4 is 5.32 Å². The van der Waals surface area contributed by atoms with Crippen LogP contribution in [0.1, 0.15) is 399 Å². The van der Waals surface area contributed by atoms with E-state index in [0.29, 0.717) is 25.9 Å². The van der Waals surface area contributed by atoms with E-state index in [2.05, 4.69) is 67.8 Å². The molecule has 0 aliphatic rings. The van der Waals surface area contributed by atoms with Crippen LogP contribution in [0.15, 0.2) is 48.6 Å². The van der Waals surface area contributed by atoms with E-state index in [1.807, 2.05) is 0 Å². The fraction of sp³-hybridized carbons (Fsp3) is 0.868. The van der Waals surface area contributed by atoms with Gasteiger partial charge in [0.05, 0.1) is 25.4 Å². The van der Waals surface area contributed by atoms with Crippen molar-refractivity contribution >= 4 is 11.9 Å². The Balaban J connectivity index is 3.41. The van der Waals surface area contributed by atoms with Crippen molar-refractivity contribution in [2.45, 2.75) is 411 Å². The number of hydrogen-bond donors (Lipinski definition) is 3. The van der Waals surface area contributed by atoms with Gasteiger partial charge in [0.25, 0.3) is 0 Å². The number of nitrogens with one attached hydrogen (secondary N) is 1. The van der Waals surface area contributed by atoms with Gasteiger partial charge in [0.15, 0.2) is 0 Å². The number of carbonyl (C=O) groups is 2. The van der Waals surface area contributed by atoms with E-state index in [1.165, 1.54) is 308 Å². The molecule has 0 radical (unpaired) electrons. The Bertz CT molecular complexity index is 1370. The molecular formula is C76H143NO5. The zero-order valence-corrected chi connectivity index (χ0v) is 55.2. The van der Waals surface area contributed by atoms with E-state index in [4.69, 9.17) is 4.74 Å². The SMILES string of the molecule is CCCCCC/C=C\C/C=C\CCCCCCCC(=O)OCCCCCCCCCCC/C=C\C/C=C\CCCCCCCCCCCCCCCC(=O)NC(CO)C(O)CCCCCCCCCCCCCCCCCCCCCC. The summed E-state index contributed by atoms with van der Waals surface area (Å²) in [6.45, 7) is 4.96. The maximum atomic E-state index is 12.5. The number of amides is 1. The van der Waals surface area contributed by atoms with Crippen LogP contribution in [-0.4, -0.2) is 47.4 Å². The smallest absolute Gasteiger partial charge is 0.305 e. The first-order chi connectivity index (χ1) is 40.5. The molecule has 0 aromatic rings. The number of unbranched alkanes of at least 4 members (excludes halogenated alkanes) is 50. The van der Waals surface area contributed by atoms with Crippen LogP contribution in [0.4, 0.5) is 0 Å². The summed E-state index contributed by atoms with van der Waals surface area (Å²) in [7, 11) is 0. The van der Waals surface area contributed by atoms with E-state index >= 15 is 0 Å². The topological polar surface area (TPSA) is 95.9 Å². The molecule has 1 amide bonds. The van der Waals surface area contributed by atoms with Crippen LogP contribution in [0.25, 0.3) is 0 Å². The third-order valence-corrected chi connectivity index (χ3v) is 17.1. The summed E-state index contributed by atoms with van der Waals surface area (Å²) >= 11 is 0. The Morgan fingerprint density at radius 1 is 0.341 bits per heavy atom. The molecule has 0 aromatic carbocycles. The van der Waals surface area contributed by atoms with Gasteiger partial charge in [-0.05, 0) is 89.9 Å². The predicted molar refractivity (Wildman–Crippen MR) is 361 cm³/mol. The first kappa shape index (κ1) is 79.8. The van der Waals surface area contributed by atoms with Crippen LogP contribution >= 0.6 is 0 Å². The monoisotopic (exact) mass is 1150 g/mol. The molecule has 0 aliphatic heterocycles. The Hall–Kier alpha value is -2.18. The Morgan fingerprint density at radius 2 is 0.610 bits per heavy atom. The minimum Gasteiger partial charge on any atom is -0.466 e. The normalized spacial score (nSPS) is 12.8. The molecule has 0 bridgehead atoms. The fourth-order valence-corrected chi connectivity index (χ4v) is 11.5. The number of hydrogen-bond acceptors (Lipinski definition) is 5. The zero-order chi connectivity index (χ0) is 59.2. The summed E-state index contributed by atoms with van der Waals surface area (Å²) in [5.41, 5.74) is 0. The molecule has 6 heteroatoms. The van der Waals surface area contributed by atoms with Crippen molar-refractivity contribution in [2.24, 2.45) is 0 Å². The molecule has 3 N–H and O–H groups in total. The van der Waals surface area contributed by atoms with Crippen molar-refractivity contribution in [3.05, 3.63) is 48.6 Å². The van der Waals surface area contributed by atoms with Gasteiger partial charge in [0.1, 0.15) is 0 Å². The van der Waals surface area contributed by atoms with Gasteiger partial charge in [-0.15, -0.1) is 0 Å². The molecule has 0 spiro atoms. The molecule has 482 valence electrons. The van der Waals surface area contributed by atoms with Crippen LogP contribution in [0.2, 0.25) is 0 Å². The molecule has 0 saturated heterocycles. The van der Waals surface area contributed by atoms with Crippen LogP contribution in [0, 0.1) is 0 Å². The lowest BCUT2D eigenvalue weighted by atomic mass is 10.0. The summed E-state index contributed by atoms with van der Waals surface area (Å²) in [6, 6.07) is -0.544. The van der Waals surface area contributed by atoms with Crippen LogP contribution in [0.3, 0.4) is 0 Å². The van der Waals surface area contributed by atoms with Crippen molar-refractivity contribution in [3.8, 4) is 0 Å². The van der Waals surface area contributed by atoms with Gasteiger partial charge in [-0.2, -0.15) is 0 Å². The zero-order valence-electron chi connectivity index (χ0n) is 55.2. The first-order valence-electron chi connectivity index (χ1n) is 36.9. The molecule has 82 heavy (non-hydrogen) atoms. The third-order valence-electron chi connectivity index (χ3n) is 17.1. The number of rotatable bonds is 69. The highest BCUT2D eigenvalue weighted by molar-refractivity contribution is 5.76. The van der Waals surface area contributed by atoms with E-state index in [-0.39, 0.29) is 18.5 Å². The van der Waals surface area contributed by atoms with Crippen LogP contribution in [-0.2, 0) is 14.3 Å². The number of allylic oxidation sites excluding steroid dienone is 8. The average Bonchev–Trinajstić information content (AvgIpc) is 3.48. The van der Waals surface area contributed by atoms with E-state index < -0.39 is 12.1 Å². The second kappa shape index (κ2) is 71.3. The molecule has 6 nitrogen and oxygen atoms in total. The van der Waals surface area contributed by atoms with Gasteiger partial charge in [0, 0.05) is 12.8 Å². The first-order valence-corrected chi connectivity index (χ1v) is 36.9. The van der Waals surface area contributed by atoms with Crippen molar-refractivity contribution in [2.75, 3.05) is 13.2 Å². The minimum absolute atomic E-state index is 0.00116. The van der Waals surface area contributed by atoms with Gasteiger partial charge in [-0.1, -0.05) is 345 Å². The highest BCUT2D eigenvalue weighted by Gasteiger charge is 2.20. The summed E-state index contributed by atoms with van der Waals surface area (Å²) in [4.78, 5) is 24.6. The highest BCUT2D eigenvalue weighted by Crippen LogP contribution is 2.19. The third kappa shape index (κ3) is 67.0. The standard InChI is InChI=1S/C76H143NO5/c1-3-5-7-9-11-13-15-17-19-21-22-34-37-40-44-48-52-56-60-64-68-74(79)73(72-78)77-75(80)69-65-61-57-53-49-45-41-38-35-32-30-28-26-24-23-25-27-29-31-33-36-39-43-47-51-55-59-63-67-71-82-76(81)70-66-62-58-54-50-46-42-20-18-16-14-12-10-8-6-4-2/h14,16,20,23,25,29,31,42,73-74,78-79H,3-13,15,17-19,21-22,24,26-28,30,32-41,43-72H2,1-2H3,(H,77,80)/b16-14-,25-23-,31-29-,42-20-. The molecule has 2 unspecified atom stereocenters. The van der Waals surface area contributed by atoms with Gasteiger partial charge in [-0.3, -0.25) is 9.59 Å². The summed E-state index contributed by atoms with van der Waals surface area (Å²) in [5, 5.41) is 23.4. The maximum absolute atomic E-state index is 12.5. The Labute approximate surface area is 512 Å². The van der Waals surface area contributed by atoms with Gasteiger partial charge in [-0.25, -0.2) is 0 Å². The fourth-order valence-electron chi connectivity index (χ4n) is 11.5. The number of aliphatic hydroxyl groups excluding tert-OH is 2. The number of aliphatic hydroxyl groups is 2. The maximum Gasteiger partial charge on any atom is 0.305 e. The summed E-state index contributed by atoms with van der Waals surface area (Å²) in [6.07, 6.45) is 93.1. The number of ether oxygens (including phenoxy) is 1. The van der Waals surface area contributed by atoms with Gasteiger partial charge in [0.2, 0.25) is 5.91 Å². The molecule has 0 rings (SSSR count). The lowest BCUT2D eigenvalue weighted by Crippen LogP contribution is -2.45. The minimum atomic E-state index is -0.667. The second-order valence-corrected chi connectivity index (χ2v) is 25.3. The lowest BCUT2D eigenvalue weighted by molar-refractivity contribution is -0.143. The van der Waals surface area contributed by atoms with E-state index in [9.17, 15) is 19.8 Å². The Morgan fingerprint density at radius 3 is 0.939 bits per heavy atom.